The number of rotatable bonds is 7. The van der Waals surface area contributed by atoms with Crippen molar-refractivity contribution in [1.82, 2.24) is 0 Å². The molecular weight excluding hydrogens is 298 g/mol. The first kappa shape index (κ1) is 14.7. The van der Waals surface area contributed by atoms with E-state index < -0.39 is 5.97 Å². The van der Waals surface area contributed by atoms with Crippen molar-refractivity contribution in [2.75, 3.05) is 5.32 Å². The standard InChI is InChI=1S/C13H16BrNO3/c14-10-6-4-5-7-11(10)15-12(16)8-2-1-3-9-13(17)18/h4-7H,1-3,8-9H2,(H,15,16)(H,17,18). The first-order chi connectivity index (χ1) is 8.59. The van der Waals surface area contributed by atoms with Gasteiger partial charge in [0, 0.05) is 17.3 Å². The van der Waals surface area contributed by atoms with Gasteiger partial charge in [-0.05, 0) is 40.9 Å². The second-order valence-electron chi connectivity index (χ2n) is 3.98. The zero-order valence-corrected chi connectivity index (χ0v) is 11.6. The van der Waals surface area contributed by atoms with Crippen molar-refractivity contribution < 1.29 is 14.7 Å². The first-order valence-electron chi connectivity index (χ1n) is 5.86. The van der Waals surface area contributed by atoms with Crippen LogP contribution in [0.3, 0.4) is 0 Å². The van der Waals surface area contributed by atoms with Gasteiger partial charge in [-0.15, -0.1) is 0 Å². The Morgan fingerprint density at radius 1 is 1.11 bits per heavy atom. The Labute approximate surface area is 115 Å². The van der Waals surface area contributed by atoms with E-state index in [1.165, 1.54) is 0 Å². The number of carbonyl (C=O) groups excluding carboxylic acids is 1. The van der Waals surface area contributed by atoms with Crippen LogP contribution in [0.15, 0.2) is 28.7 Å². The summed E-state index contributed by atoms with van der Waals surface area (Å²) in [4.78, 5) is 21.9. The average Bonchev–Trinajstić information content (AvgIpc) is 2.31. The summed E-state index contributed by atoms with van der Waals surface area (Å²) in [6.07, 6.45) is 2.68. The van der Waals surface area contributed by atoms with Gasteiger partial charge in [-0.3, -0.25) is 9.59 Å². The minimum Gasteiger partial charge on any atom is -0.481 e. The van der Waals surface area contributed by atoms with E-state index in [1.807, 2.05) is 24.3 Å². The number of aliphatic carboxylic acids is 1. The fourth-order valence-electron chi connectivity index (χ4n) is 1.51. The molecule has 1 rings (SSSR count). The molecular formula is C13H16BrNO3. The zero-order valence-electron chi connectivity index (χ0n) is 9.99. The van der Waals surface area contributed by atoms with Gasteiger partial charge in [-0.25, -0.2) is 0 Å². The fourth-order valence-corrected chi connectivity index (χ4v) is 1.90. The summed E-state index contributed by atoms with van der Waals surface area (Å²) >= 11 is 3.35. The third-order valence-electron chi connectivity index (χ3n) is 2.44. The monoisotopic (exact) mass is 313 g/mol. The number of para-hydroxylation sites is 1. The molecule has 1 aromatic rings. The molecule has 0 fully saturated rings. The van der Waals surface area contributed by atoms with Gasteiger partial charge in [0.15, 0.2) is 0 Å². The molecule has 0 spiro atoms. The summed E-state index contributed by atoms with van der Waals surface area (Å²) in [7, 11) is 0. The molecule has 0 saturated heterocycles. The Bertz CT molecular complexity index is 420. The van der Waals surface area contributed by atoms with Crippen LogP contribution in [0.4, 0.5) is 5.69 Å². The Hall–Kier alpha value is -1.36. The highest BCUT2D eigenvalue weighted by atomic mass is 79.9. The van der Waals surface area contributed by atoms with Crippen molar-refractivity contribution in [3.05, 3.63) is 28.7 Å². The van der Waals surface area contributed by atoms with Gasteiger partial charge in [-0.2, -0.15) is 0 Å². The lowest BCUT2D eigenvalue weighted by Gasteiger charge is -2.06. The number of unbranched alkanes of at least 4 members (excludes halogenated alkanes) is 2. The lowest BCUT2D eigenvalue weighted by Crippen LogP contribution is -2.11. The van der Waals surface area contributed by atoms with E-state index in [2.05, 4.69) is 21.2 Å². The first-order valence-corrected chi connectivity index (χ1v) is 6.65. The smallest absolute Gasteiger partial charge is 0.303 e. The fraction of sp³-hybridized carbons (Fsp3) is 0.385. The summed E-state index contributed by atoms with van der Waals surface area (Å²) in [5.41, 5.74) is 0.757. The second kappa shape index (κ2) is 7.87. The minimum absolute atomic E-state index is 0.0442. The summed E-state index contributed by atoms with van der Waals surface area (Å²) < 4.78 is 0.851. The molecule has 0 aliphatic rings. The Kier molecular flexibility index (Phi) is 6.43. The quantitative estimate of drug-likeness (QED) is 0.758. The molecule has 0 bridgehead atoms. The number of hydrogen-bond donors (Lipinski definition) is 2. The van der Waals surface area contributed by atoms with Crippen LogP contribution in [-0.4, -0.2) is 17.0 Å². The van der Waals surface area contributed by atoms with Crippen LogP contribution in [0.25, 0.3) is 0 Å². The summed E-state index contributed by atoms with van der Waals surface area (Å²) in [6.45, 7) is 0. The number of benzene rings is 1. The molecule has 4 nitrogen and oxygen atoms in total. The van der Waals surface area contributed by atoms with Gasteiger partial charge in [0.1, 0.15) is 0 Å². The topological polar surface area (TPSA) is 66.4 Å². The molecule has 0 aliphatic heterocycles. The summed E-state index contributed by atoms with van der Waals surface area (Å²) in [5.74, 6) is -0.829. The SMILES string of the molecule is O=C(O)CCCCCC(=O)Nc1ccccc1Br. The number of anilines is 1. The minimum atomic E-state index is -0.785. The number of carboxylic acids is 1. The van der Waals surface area contributed by atoms with Crippen molar-refractivity contribution in [2.24, 2.45) is 0 Å². The Morgan fingerprint density at radius 2 is 1.78 bits per heavy atom. The maximum Gasteiger partial charge on any atom is 0.303 e. The van der Waals surface area contributed by atoms with E-state index in [9.17, 15) is 9.59 Å². The van der Waals surface area contributed by atoms with Crippen LogP contribution >= 0.6 is 15.9 Å². The lowest BCUT2D eigenvalue weighted by atomic mass is 10.1. The maximum atomic E-state index is 11.6. The lowest BCUT2D eigenvalue weighted by molar-refractivity contribution is -0.137. The predicted octanol–water partition coefficient (Wildman–Crippen LogP) is 3.42. The van der Waals surface area contributed by atoms with Crippen molar-refractivity contribution >= 4 is 33.5 Å². The number of carbonyl (C=O) groups is 2. The van der Waals surface area contributed by atoms with Gasteiger partial charge in [0.2, 0.25) is 5.91 Å². The molecule has 0 atom stereocenters. The molecule has 18 heavy (non-hydrogen) atoms. The van der Waals surface area contributed by atoms with E-state index >= 15 is 0 Å². The van der Waals surface area contributed by atoms with Gasteiger partial charge in [0.25, 0.3) is 0 Å². The molecule has 5 heteroatoms. The van der Waals surface area contributed by atoms with Crippen LogP contribution < -0.4 is 5.32 Å². The van der Waals surface area contributed by atoms with Crippen LogP contribution in [0, 0.1) is 0 Å². The zero-order chi connectivity index (χ0) is 13.4. The van der Waals surface area contributed by atoms with Crippen LogP contribution in [0.2, 0.25) is 0 Å². The third kappa shape index (κ3) is 5.82. The van der Waals surface area contributed by atoms with Crippen LogP contribution in [0.1, 0.15) is 32.1 Å². The van der Waals surface area contributed by atoms with Crippen molar-refractivity contribution in [3.8, 4) is 0 Å². The highest BCUT2D eigenvalue weighted by molar-refractivity contribution is 9.10. The number of nitrogens with one attached hydrogen (secondary N) is 1. The molecule has 98 valence electrons. The van der Waals surface area contributed by atoms with Crippen molar-refractivity contribution in [3.63, 3.8) is 0 Å². The van der Waals surface area contributed by atoms with Crippen molar-refractivity contribution in [2.45, 2.75) is 32.1 Å². The van der Waals surface area contributed by atoms with Gasteiger partial charge < -0.3 is 10.4 Å². The molecule has 0 aliphatic carbocycles. The number of carboxylic acid groups (broad SMARTS) is 1. The third-order valence-corrected chi connectivity index (χ3v) is 3.13. The molecule has 0 aromatic heterocycles. The molecule has 1 amide bonds. The van der Waals surface area contributed by atoms with Gasteiger partial charge >= 0.3 is 5.97 Å². The summed E-state index contributed by atoms with van der Waals surface area (Å²) in [6, 6.07) is 7.42. The van der Waals surface area contributed by atoms with E-state index in [0.29, 0.717) is 19.3 Å². The normalized spacial score (nSPS) is 10.1. The number of hydrogen-bond acceptors (Lipinski definition) is 2. The molecule has 0 saturated carbocycles. The predicted molar refractivity (Wildman–Crippen MR) is 73.5 cm³/mol. The molecule has 0 unspecified atom stereocenters. The maximum absolute atomic E-state index is 11.6. The number of amides is 1. The molecule has 1 aromatic carbocycles. The highest BCUT2D eigenvalue weighted by Crippen LogP contribution is 2.21. The van der Waals surface area contributed by atoms with Crippen LogP contribution in [0.5, 0.6) is 0 Å². The Balaban J connectivity index is 2.22. The second-order valence-corrected chi connectivity index (χ2v) is 4.84. The molecule has 0 heterocycles. The van der Waals surface area contributed by atoms with Gasteiger partial charge in [-0.1, -0.05) is 18.6 Å². The van der Waals surface area contributed by atoms with E-state index in [-0.39, 0.29) is 12.3 Å². The Morgan fingerprint density at radius 3 is 2.44 bits per heavy atom. The van der Waals surface area contributed by atoms with E-state index in [4.69, 9.17) is 5.11 Å². The molecule has 2 N–H and O–H groups in total. The molecule has 0 radical (unpaired) electrons. The summed E-state index contributed by atoms with van der Waals surface area (Å²) in [5, 5.41) is 11.3. The van der Waals surface area contributed by atoms with Crippen LogP contribution in [-0.2, 0) is 9.59 Å². The largest absolute Gasteiger partial charge is 0.481 e. The van der Waals surface area contributed by atoms with E-state index in [0.717, 1.165) is 16.6 Å². The van der Waals surface area contributed by atoms with Crippen molar-refractivity contribution in [1.29, 1.82) is 0 Å². The van der Waals surface area contributed by atoms with E-state index in [1.54, 1.807) is 0 Å². The number of halogens is 1. The average molecular weight is 314 g/mol. The highest BCUT2D eigenvalue weighted by Gasteiger charge is 2.05. The van der Waals surface area contributed by atoms with Gasteiger partial charge in [0.05, 0.1) is 5.69 Å².